The maximum Gasteiger partial charge on any atom is 0.333 e. The molecule has 0 aliphatic carbocycles. The van der Waals surface area contributed by atoms with Crippen LogP contribution in [0.4, 0.5) is 0 Å². The van der Waals surface area contributed by atoms with Crippen LogP contribution in [0.15, 0.2) is 24.3 Å². The van der Waals surface area contributed by atoms with Crippen LogP contribution in [-0.2, 0) is 19.1 Å². The molecule has 0 aromatic heterocycles. The molecule has 0 N–H and O–H groups in total. The van der Waals surface area contributed by atoms with E-state index in [0.717, 1.165) is 44.9 Å². The highest BCUT2D eigenvalue weighted by molar-refractivity contribution is 5.87. The molecule has 1 unspecified atom stereocenters. The van der Waals surface area contributed by atoms with Gasteiger partial charge in [-0.2, -0.15) is 0 Å². The lowest BCUT2D eigenvalue weighted by atomic mass is 10.1. The van der Waals surface area contributed by atoms with Crippen molar-refractivity contribution in [2.75, 3.05) is 6.61 Å². The molecule has 0 aliphatic rings. The van der Waals surface area contributed by atoms with Crippen LogP contribution in [-0.4, -0.2) is 24.6 Å². The highest BCUT2D eigenvalue weighted by Crippen LogP contribution is 2.12. The maximum atomic E-state index is 11.3. The highest BCUT2D eigenvalue weighted by atomic mass is 16.5. The second-order valence-electron chi connectivity index (χ2n) is 6.72. The zero-order chi connectivity index (χ0) is 20.4. The molecule has 0 aromatic rings. The molecule has 152 valence electrons. The van der Waals surface area contributed by atoms with Gasteiger partial charge in [-0.25, -0.2) is 9.59 Å². The minimum Gasteiger partial charge on any atom is -0.462 e. The lowest BCUT2D eigenvalue weighted by molar-refractivity contribution is -0.145. The van der Waals surface area contributed by atoms with Crippen molar-refractivity contribution in [2.24, 2.45) is 0 Å². The van der Waals surface area contributed by atoms with Gasteiger partial charge in [0.15, 0.2) is 0 Å². The summed E-state index contributed by atoms with van der Waals surface area (Å²) in [6, 6.07) is 0. The lowest BCUT2D eigenvalue weighted by Crippen LogP contribution is -2.18. The summed E-state index contributed by atoms with van der Waals surface area (Å²) in [5.74, 6) is -0.522. The molecule has 4 heteroatoms. The summed E-state index contributed by atoms with van der Waals surface area (Å²) >= 11 is 0. The van der Waals surface area contributed by atoms with E-state index in [1.807, 2.05) is 0 Å². The first-order valence-electron chi connectivity index (χ1n) is 9.99. The molecule has 0 aromatic carbocycles. The number of esters is 2. The van der Waals surface area contributed by atoms with E-state index in [0.29, 0.717) is 17.8 Å². The molecule has 0 amide bonds. The number of hydrogen-bond acceptors (Lipinski definition) is 4. The summed E-state index contributed by atoms with van der Waals surface area (Å²) in [7, 11) is 0. The van der Waals surface area contributed by atoms with E-state index < -0.39 is 0 Å². The largest absolute Gasteiger partial charge is 0.462 e. The normalized spacial score (nSPS) is 11.0. The van der Waals surface area contributed by atoms with Crippen LogP contribution >= 0.6 is 0 Å². The first-order chi connectivity index (χ1) is 12.3. The highest BCUT2D eigenvalue weighted by Gasteiger charge is 2.13. The fourth-order valence-corrected chi connectivity index (χ4v) is 2.08. The van der Waals surface area contributed by atoms with E-state index in [1.54, 1.807) is 13.8 Å². The molecule has 0 aliphatic heterocycles. The average Bonchev–Trinajstić information content (AvgIpc) is 2.59. The van der Waals surface area contributed by atoms with Crippen LogP contribution in [0.5, 0.6) is 0 Å². The Kier molecular flexibility index (Phi) is 18.7. The smallest absolute Gasteiger partial charge is 0.333 e. The molecule has 0 bridgehead atoms. The Bertz CT molecular complexity index is 412. The minimum absolute atomic E-state index is 0.0872. The summed E-state index contributed by atoms with van der Waals surface area (Å²) < 4.78 is 10.2. The molecule has 1 atom stereocenters. The summed E-state index contributed by atoms with van der Waals surface area (Å²) in [4.78, 5) is 22.1. The molecule has 0 saturated heterocycles. The first-order valence-corrected chi connectivity index (χ1v) is 9.99. The third kappa shape index (κ3) is 17.2. The van der Waals surface area contributed by atoms with Gasteiger partial charge in [-0.15, -0.1) is 0 Å². The molecular formula is C22H40O4. The maximum absolute atomic E-state index is 11.3. The van der Waals surface area contributed by atoms with Crippen molar-refractivity contribution in [3.63, 3.8) is 0 Å². The minimum atomic E-state index is -0.272. The van der Waals surface area contributed by atoms with Crippen LogP contribution in [0.25, 0.3) is 0 Å². The topological polar surface area (TPSA) is 52.6 Å². The Hall–Kier alpha value is -1.58. The standard InChI is InChI=1S/C12H22O2.C10H18O2/c1-5-7-9-11(8-6-2)14-12(13)10(3)4;1-4-5-6-7-8-12-10(11)9(2)3/h11H,3,5-9H2,1-2,4H3;2,4-8H2,1,3H3. The van der Waals surface area contributed by atoms with Crippen molar-refractivity contribution in [3.8, 4) is 0 Å². The fraction of sp³-hybridized carbons (Fsp3) is 0.727. The van der Waals surface area contributed by atoms with E-state index in [4.69, 9.17) is 9.47 Å². The Morgan fingerprint density at radius 2 is 1.35 bits per heavy atom. The number of carbonyl (C=O) groups is 2. The number of hydrogen-bond donors (Lipinski definition) is 0. The van der Waals surface area contributed by atoms with Crippen LogP contribution in [0, 0.1) is 0 Å². The van der Waals surface area contributed by atoms with Crippen LogP contribution in [0.1, 0.15) is 92.4 Å². The van der Waals surface area contributed by atoms with Gasteiger partial charge < -0.3 is 9.47 Å². The third-order valence-corrected chi connectivity index (χ3v) is 3.69. The first kappa shape index (κ1) is 26.6. The van der Waals surface area contributed by atoms with Crippen molar-refractivity contribution in [1.29, 1.82) is 0 Å². The Labute approximate surface area is 161 Å². The van der Waals surface area contributed by atoms with E-state index in [-0.39, 0.29) is 18.0 Å². The second-order valence-corrected chi connectivity index (χ2v) is 6.72. The van der Waals surface area contributed by atoms with Crippen LogP contribution < -0.4 is 0 Å². The Morgan fingerprint density at radius 3 is 1.81 bits per heavy atom. The van der Waals surface area contributed by atoms with Gasteiger partial charge in [0.2, 0.25) is 0 Å². The van der Waals surface area contributed by atoms with Gasteiger partial charge in [0.25, 0.3) is 0 Å². The average molecular weight is 369 g/mol. The molecule has 0 heterocycles. The van der Waals surface area contributed by atoms with E-state index in [1.165, 1.54) is 12.8 Å². The van der Waals surface area contributed by atoms with E-state index in [9.17, 15) is 9.59 Å². The van der Waals surface area contributed by atoms with Gasteiger partial charge in [0.1, 0.15) is 6.10 Å². The van der Waals surface area contributed by atoms with Gasteiger partial charge in [0.05, 0.1) is 6.61 Å². The summed E-state index contributed by atoms with van der Waals surface area (Å²) in [5, 5.41) is 0. The van der Waals surface area contributed by atoms with Gasteiger partial charge in [-0.1, -0.05) is 72.5 Å². The SMILES string of the molecule is C=C(C)C(=O)OC(CCC)CCCC.C=C(C)C(=O)OCCCCCC. The number of carbonyl (C=O) groups excluding carboxylic acids is 2. The molecule has 4 nitrogen and oxygen atoms in total. The molecule has 0 fully saturated rings. The van der Waals surface area contributed by atoms with Crippen molar-refractivity contribution < 1.29 is 19.1 Å². The molecule has 0 radical (unpaired) electrons. The third-order valence-electron chi connectivity index (χ3n) is 3.69. The zero-order valence-corrected chi connectivity index (χ0v) is 17.7. The van der Waals surface area contributed by atoms with Crippen LogP contribution in [0.2, 0.25) is 0 Å². The summed E-state index contributed by atoms with van der Waals surface area (Å²) in [5.41, 5.74) is 0.966. The fourth-order valence-electron chi connectivity index (χ4n) is 2.08. The molecular weight excluding hydrogens is 328 g/mol. The van der Waals surface area contributed by atoms with Crippen LogP contribution in [0.3, 0.4) is 0 Å². The molecule has 0 spiro atoms. The number of ether oxygens (including phenoxy) is 2. The van der Waals surface area contributed by atoms with E-state index >= 15 is 0 Å². The quantitative estimate of drug-likeness (QED) is 0.222. The second kappa shape index (κ2) is 18.2. The molecule has 26 heavy (non-hydrogen) atoms. The predicted octanol–water partition coefficient (Wildman–Crippen LogP) is 6.15. The monoisotopic (exact) mass is 368 g/mol. The van der Waals surface area contributed by atoms with Crippen molar-refractivity contribution >= 4 is 11.9 Å². The zero-order valence-electron chi connectivity index (χ0n) is 17.7. The van der Waals surface area contributed by atoms with Crippen molar-refractivity contribution in [3.05, 3.63) is 24.3 Å². The summed E-state index contributed by atoms with van der Waals surface area (Å²) in [6.07, 6.45) is 9.86. The van der Waals surface area contributed by atoms with Gasteiger partial charge >= 0.3 is 11.9 Å². The number of unbranched alkanes of at least 4 members (excludes halogenated alkanes) is 4. The predicted molar refractivity (Wildman–Crippen MR) is 109 cm³/mol. The van der Waals surface area contributed by atoms with E-state index in [2.05, 4.69) is 33.9 Å². The Morgan fingerprint density at radius 1 is 0.769 bits per heavy atom. The number of rotatable bonds is 13. The van der Waals surface area contributed by atoms with Gasteiger partial charge in [0, 0.05) is 11.1 Å². The molecule has 0 saturated carbocycles. The van der Waals surface area contributed by atoms with Crippen molar-refractivity contribution in [1.82, 2.24) is 0 Å². The van der Waals surface area contributed by atoms with Gasteiger partial charge in [-0.05, 0) is 33.1 Å². The van der Waals surface area contributed by atoms with Crippen molar-refractivity contribution in [2.45, 2.75) is 98.5 Å². The Balaban J connectivity index is 0. The molecule has 0 rings (SSSR count). The van der Waals surface area contributed by atoms with Gasteiger partial charge in [-0.3, -0.25) is 0 Å². The summed E-state index contributed by atoms with van der Waals surface area (Å²) in [6.45, 7) is 17.3. The lowest BCUT2D eigenvalue weighted by Gasteiger charge is -2.16.